The molecule has 3 aromatic rings. The molecule has 5 nitrogen and oxygen atoms in total. The smallest absolute Gasteiger partial charge is 0.191 e. The largest absolute Gasteiger partial charge is 0.222 e. The van der Waals surface area contributed by atoms with Crippen molar-refractivity contribution in [2.24, 2.45) is 0 Å². The van der Waals surface area contributed by atoms with Crippen LogP contribution >= 0.6 is 35.0 Å². The van der Waals surface area contributed by atoms with Gasteiger partial charge in [-0.25, -0.2) is 14.6 Å². The number of benzene rings is 1. The molecule has 3 rings (SSSR count). The maximum absolute atomic E-state index is 6.18. The number of aromatic nitrogens is 5. The van der Waals surface area contributed by atoms with Crippen LogP contribution in [0.15, 0.2) is 29.4 Å². The van der Waals surface area contributed by atoms with Crippen LogP contribution in [0.2, 0.25) is 10.2 Å². The van der Waals surface area contributed by atoms with Crippen molar-refractivity contribution in [2.75, 3.05) is 5.75 Å². The first-order valence-corrected chi connectivity index (χ1v) is 8.55. The van der Waals surface area contributed by atoms with Gasteiger partial charge >= 0.3 is 0 Å². The Bertz CT molecular complexity index is 788. The molecular weight excluding hydrogens is 341 g/mol. The van der Waals surface area contributed by atoms with Crippen LogP contribution in [-0.2, 0) is 6.54 Å². The molecule has 0 aliphatic carbocycles. The molecule has 0 aliphatic rings. The molecule has 1 aromatic carbocycles. The highest BCUT2D eigenvalue weighted by Crippen LogP contribution is 2.23. The van der Waals surface area contributed by atoms with E-state index in [1.54, 1.807) is 16.4 Å². The first-order chi connectivity index (χ1) is 10.7. The van der Waals surface area contributed by atoms with Crippen LogP contribution in [0.5, 0.6) is 0 Å². The SMILES string of the molecule is CCCSc1nc(Cl)c2nnn(Cc3ccc(Cl)cc3)c2n1. The van der Waals surface area contributed by atoms with Crippen molar-refractivity contribution >= 4 is 46.1 Å². The van der Waals surface area contributed by atoms with E-state index in [-0.39, 0.29) is 0 Å². The van der Waals surface area contributed by atoms with Crippen molar-refractivity contribution in [2.45, 2.75) is 25.0 Å². The first-order valence-electron chi connectivity index (χ1n) is 6.81. The lowest BCUT2D eigenvalue weighted by Gasteiger charge is -2.04. The molecule has 0 saturated heterocycles. The topological polar surface area (TPSA) is 56.5 Å². The number of thioether (sulfide) groups is 1. The lowest BCUT2D eigenvalue weighted by molar-refractivity contribution is 0.661. The molecule has 0 saturated carbocycles. The third-order valence-corrected chi connectivity index (χ3v) is 4.55. The molecule has 8 heteroatoms. The second-order valence-corrected chi connectivity index (χ2v) is 6.55. The second-order valence-electron chi connectivity index (χ2n) is 4.69. The van der Waals surface area contributed by atoms with Crippen LogP contribution < -0.4 is 0 Å². The zero-order valence-corrected chi connectivity index (χ0v) is 14.2. The summed E-state index contributed by atoms with van der Waals surface area (Å²) in [6, 6.07) is 7.60. The fourth-order valence-corrected chi connectivity index (χ4v) is 3.00. The van der Waals surface area contributed by atoms with Gasteiger partial charge in [0.1, 0.15) is 0 Å². The van der Waals surface area contributed by atoms with Crippen molar-refractivity contribution in [3.8, 4) is 0 Å². The van der Waals surface area contributed by atoms with Gasteiger partial charge in [-0.2, -0.15) is 0 Å². The van der Waals surface area contributed by atoms with Gasteiger partial charge in [0, 0.05) is 10.8 Å². The highest BCUT2D eigenvalue weighted by atomic mass is 35.5. The van der Waals surface area contributed by atoms with Crippen LogP contribution in [0.25, 0.3) is 11.2 Å². The van der Waals surface area contributed by atoms with E-state index in [2.05, 4.69) is 27.2 Å². The Morgan fingerprint density at radius 3 is 2.64 bits per heavy atom. The van der Waals surface area contributed by atoms with E-state index in [1.165, 1.54) is 0 Å². The average molecular weight is 354 g/mol. The molecule has 0 amide bonds. The summed E-state index contributed by atoms with van der Waals surface area (Å²) in [5.41, 5.74) is 2.23. The Morgan fingerprint density at radius 1 is 1.14 bits per heavy atom. The third kappa shape index (κ3) is 3.34. The van der Waals surface area contributed by atoms with Crippen LogP contribution in [0.3, 0.4) is 0 Å². The average Bonchev–Trinajstić information content (AvgIpc) is 2.91. The molecule has 0 bridgehead atoms. The summed E-state index contributed by atoms with van der Waals surface area (Å²) < 4.78 is 1.72. The fraction of sp³-hybridized carbons (Fsp3) is 0.286. The quantitative estimate of drug-likeness (QED) is 0.393. The molecule has 0 fully saturated rings. The minimum absolute atomic E-state index is 0.339. The van der Waals surface area contributed by atoms with Crippen molar-refractivity contribution < 1.29 is 0 Å². The van der Waals surface area contributed by atoms with Gasteiger partial charge in [-0.3, -0.25) is 0 Å². The zero-order valence-electron chi connectivity index (χ0n) is 11.8. The van der Waals surface area contributed by atoms with E-state index in [1.807, 2.05) is 24.3 Å². The lowest BCUT2D eigenvalue weighted by atomic mass is 10.2. The molecule has 0 aliphatic heterocycles. The van der Waals surface area contributed by atoms with E-state index in [9.17, 15) is 0 Å². The Balaban J connectivity index is 1.95. The highest BCUT2D eigenvalue weighted by molar-refractivity contribution is 7.99. The Hall–Kier alpha value is -1.37. The Kier molecular flexibility index (Phi) is 4.81. The van der Waals surface area contributed by atoms with Crippen LogP contribution in [0, 0.1) is 0 Å². The van der Waals surface area contributed by atoms with Crippen molar-refractivity contribution in [3.05, 3.63) is 40.0 Å². The zero-order chi connectivity index (χ0) is 15.5. The maximum Gasteiger partial charge on any atom is 0.191 e. The molecule has 0 radical (unpaired) electrons. The minimum Gasteiger partial charge on any atom is -0.222 e. The summed E-state index contributed by atoms with van der Waals surface area (Å²) in [6.07, 6.45) is 1.05. The van der Waals surface area contributed by atoms with Crippen LogP contribution in [0.4, 0.5) is 0 Å². The number of hydrogen-bond donors (Lipinski definition) is 0. The van der Waals surface area contributed by atoms with Gasteiger partial charge in [-0.1, -0.05) is 59.2 Å². The van der Waals surface area contributed by atoms with Gasteiger partial charge in [0.25, 0.3) is 0 Å². The third-order valence-electron chi connectivity index (χ3n) is 2.98. The van der Waals surface area contributed by atoms with Gasteiger partial charge in [0.15, 0.2) is 21.5 Å². The maximum atomic E-state index is 6.18. The number of nitrogens with zero attached hydrogens (tertiary/aromatic N) is 5. The lowest BCUT2D eigenvalue weighted by Crippen LogP contribution is -2.03. The first kappa shape index (κ1) is 15.5. The molecular formula is C14H13Cl2N5S. The molecule has 0 unspecified atom stereocenters. The molecule has 114 valence electrons. The van der Waals surface area contributed by atoms with Gasteiger partial charge in [-0.15, -0.1) is 5.10 Å². The molecule has 0 atom stereocenters. The Morgan fingerprint density at radius 2 is 1.91 bits per heavy atom. The minimum atomic E-state index is 0.339. The van der Waals surface area contributed by atoms with E-state index in [4.69, 9.17) is 23.2 Å². The van der Waals surface area contributed by atoms with E-state index >= 15 is 0 Å². The summed E-state index contributed by atoms with van der Waals surface area (Å²) >= 11 is 13.7. The number of fused-ring (bicyclic) bond motifs is 1. The fourth-order valence-electron chi connectivity index (χ4n) is 1.93. The van der Waals surface area contributed by atoms with Crippen LogP contribution in [-0.4, -0.2) is 30.7 Å². The van der Waals surface area contributed by atoms with E-state index in [0.29, 0.717) is 33.0 Å². The monoisotopic (exact) mass is 353 g/mol. The summed E-state index contributed by atoms with van der Waals surface area (Å²) in [7, 11) is 0. The van der Waals surface area contributed by atoms with E-state index in [0.717, 1.165) is 17.7 Å². The molecule has 0 spiro atoms. The normalized spacial score (nSPS) is 11.2. The summed E-state index contributed by atoms with van der Waals surface area (Å²) in [6.45, 7) is 2.67. The molecule has 2 heterocycles. The molecule has 0 N–H and O–H groups in total. The summed E-state index contributed by atoms with van der Waals surface area (Å²) in [4.78, 5) is 8.78. The van der Waals surface area contributed by atoms with E-state index < -0.39 is 0 Å². The Labute approximate surface area is 142 Å². The second kappa shape index (κ2) is 6.81. The van der Waals surface area contributed by atoms with Crippen molar-refractivity contribution in [1.29, 1.82) is 0 Å². The number of halogens is 2. The van der Waals surface area contributed by atoms with Gasteiger partial charge in [0.05, 0.1) is 6.54 Å². The van der Waals surface area contributed by atoms with Gasteiger partial charge < -0.3 is 0 Å². The highest BCUT2D eigenvalue weighted by Gasteiger charge is 2.13. The number of rotatable bonds is 5. The van der Waals surface area contributed by atoms with Crippen LogP contribution in [0.1, 0.15) is 18.9 Å². The standard InChI is InChI=1S/C14H13Cl2N5S/c1-2-7-22-14-17-12(16)11-13(18-14)21(20-19-11)8-9-3-5-10(15)6-4-9/h3-6H,2,7-8H2,1H3. The van der Waals surface area contributed by atoms with Crippen molar-refractivity contribution in [1.82, 2.24) is 25.0 Å². The number of hydrogen-bond acceptors (Lipinski definition) is 5. The summed E-state index contributed by atoms with van der Waals surface area (Å²) in [5.74, 6) is 0.945. The van der Waals surface area contributed by atoms with Crippen molar-refractivity contribution in [3.63, 3.8) is 0 Å². The summed E-state index contributed by atoms with van der Waals surface area (Å²) in [5, 5.41) is 9.90. The van der Waals surface area contributed by atoms with Gasteiger partial charge in [-0.05, 0) is 24.1 Å². The van der Waals surface area contributed by atoms with Gasteiger partial charge in [0.2, 0.25) is 0 Å². The predicted octanol–water partition coefficient (Wildman–Crippen LogP) is 4.08. The molecule has 22 heavy (non-hydrogen) atoms. The predicted molar refractivity (Wildman–Crippen MR) is 89.7 cm³/mol. The molecule has 2 aromatic heterocycles.